The van der Waals surface area contributed by atoms with E-state index in [0.717, 1.165) is 24.3 Å². The van der Waals surface area contributed by atoms with Crippen molar-refractivity contribution in [3.8, 4) is 0 Å². The van der Waals surface area contributed by atoms with E-state index in [4.69, 9.17) is 23.9 Å². The molecule has 0 spiro atoms. The van der Waals surface area contributed by atoms with Crippen molar-refractivity contribution < 1.29 is 17.0 Å². The molecule has 0 heterocycles. The minimum atomic E-state index is -0.556. The zero-order chi connectivity index (χ0) is 14.5. The van der Waals surface area contributed by atoms with E-state index in [2.05, 4.69) is 45.9 Å². The van der Waals surface area contributed by atoms with Crippen molar-refractivity contribution in [1.29, 1.82) is 0 Å². The average molecular weight is 352 g/mol. The van der Waals surface area contributed by atoms with Crippen LogP contribution in [0.15, 0.2) is 23.8 Å². The minimum absolute atomic E-state index is 0. The zero-order valence-corrected chi connectivity index (χ0v) is 16.4. The van der Waals surface area contributed by atoms with Crippen LogP contribution in [0.25, 0.3) is 5.32 Å². The summed E-state index contributed by atoms with van der Waals surface area (Å²) in [6.07, 6.45) is 9.67. The second-order valence-electron chi connectivity index (χ2n) is 6.53. The van der Waals surface area contributed by atoms with Gasteiger partial charge in [-0.15, -0.1) is 12.1 Å². The third kappa shape index (κ3) is 7.14. The van der Waals surface area contributed by atoms with E-state index in [1.165, 1.54) is 12.8 Å². The van der Waals surface area contributed by atoms with Gasteiger partial charge in [-0.3, -0.25) is 0 Å². The molecule has 20 heavy (non-hydrogen) atoms. The Labute approximate surface area is 142 Å². The molecule has 0 amide bonds. The fraction of sp³-hybridized carbons (Fsp3) is 0.688. The fourth-order valence-electron chi connectivity index (χ4n) is 2.92. The fourth-order valence-corrected chi connectivity index (χ4v) is 2.92. The molecule has 2 rings (SSSR count). The molecule has 0 aliphatic heterocycles. The number of halogens is 2. The molecule has 4 heteroatoms. The molecule has 2 aliphatic carbocycles. The number of fused-ring (bicyclic) bond motifs is 1. The number of nitrogens with zero attached hydrogens (tertiary/aromatic N) is 1. The molecular weight excluding hydrogens is 325 g/mol. The Balaban J connectivity index is 0.000000830. The van der Waals surface area contributed by atoms with Crippen LogP contribution in [0.5, 0.6) is 0 Å². The molecule has 0 saturated heterocycles. The Morgan fingerprint density at radius 1 is 1.30 bits per heavy atom. The molecule has 1 nitrogen and oxygen atoms in total. The van der Waals surface area contributed by atoms with Crippen molar-refractivity contribution in [2.24, 2.45) is 17.8 Å². The SMILES string of the molecule is C[C@H]1CC2C=CC=C(C[N-]C(C)(C)C)C2C1.[CH3-].[Cl][Ti][Cl]. The Hall–Kier alpha value is 0.734. The van der Waals surface area contributed by atoms with E-state index in [-0.39, 0.29) is 13.0 Å². The quantitative estimate of drug-likeness (QED) is 0.418. The Kier molecular flexibility index (Phi) is 10.0. The summed E-state index contributed by atoms with van der Waals surface area (Å²) in [6, 6.07) is 0. The second-order valence-corrected chi connectivity index (χ2v) is 9.11. The first-order chi connectivity index (χ1) is 8.87. The predicted molar refractivity (Wildman–Crippen MR) is 88.7 cm³/mol. The third-order valence-electron chi connectivity index (χ3n) is 3.73. The van der Waals surface area contributed by atoms with E-state index in [1.54, 1.807) is 5.57 Å². The van der Waals surface area contributed by atoms with Gasteiger partial charge in [0.1, 0.15) is 0 Å². The summed E-state index contributed by atoms with van der Waals surface area (Å²) in [4.78, 5) is 0. The van der Waals surface area contributed by atoms with Gasteiger partial charge in [-0.1, -0.05) is 51.5 Å². The summed E-state index contributed by atoms with van der Waals surface area (Å²) < 4.78 is 0. The van der Waals surface area contributed by atoms with Gasteiger partial charge in [0.15, 0.2) is 0 Å². The van der Waals surface area contributed by atoms with Crippen LogP contribution in [0.1, 0.15) is 40.5 Å². The van der Waals surface area contributed by atoms with Crippen LogP contribution in [0.2, 0.25) is 0 Å². The van der Waals surface area contributed by atoms with Crippen molar-refractivity contribution in [3.05, 3.63) is 36.5 Å². The molecule has 0 aromatic rings. The van der Waals surface area contributed by atoms with Gasteiger partial charge in [-0.2, -0.15) is 0 Å². The summed E-state index contributed by atoms with van der Waals surface area (Å²) in [6.45, 7) is 9.86. The van der Waals surface area contributed by atoms with E-state index in [9.17, 15) is 0 Å². The molecule has 116 valence electrons. The van der Waals surface area contributed by atoms with Gasteiger partial charge in [-0.05, 0) is 30.6 Å². The Morgan fingerprint density at radius 3 is 2.45 bits per heavy atom. The van der Waals surface area contributed by atoms with Crippen molar-refractivity contribution >= 4 is 18.6 Å². The Bertz CT molecular complexity index is 334. The van der Waals surface area contributed by atoms with E-state index in [0.29, 0.717) is 0 Å². The van der Waals surface area contributed by atoms with Gasteiger partial charge < -0.3 is 12.7 Å². The number of rotatable bonds is 2. The summed E-state index contributed by atoms with van der Waals surface area (Å²) in [5.41, 5.74) is 1.66. The molecule has 0 N–H and O–H groups in total. The summed E-state index contributed by atoms with van der Waals surface area (Å²) >= 11 is -0.556. The van der Waals surface area contributed by atoms with Gasteiger partial charge in [-0.25, -0.2) is 0 Å². The predicted octanol–water partition coefficient (Wildman–Crippen LogP) is 6.14. The van der Waals surface area contributed by atoms with Crippen LogP contribution in [-0.4, -0.2) is 12.1 Å². The zero-order valence-electron chi connectivity index (χ0n) is 13.3. The van der Waals surface area contributed by atoms with Crippen LogP contribution in [0.3, 0.4) is 0 Å². The first kappa shape index (κ1) is 20.7. The van der Waals surface area contributed by atoms with Crippen LogP contribution >= 0.6 is 18.6 Å². The van der Waals surface area contributed by atoms with Crippen molar-refractivity contribution in [2.75, 3.05) is 6.54 Å². The molecule has 0 aromatic carbocycles. The summed E-state index contributed by atoms with van der Waals surface area (Å²) in [7, 11) is 9.78. The topological polar surface area (TPSA) is 14.1 Å². The molecule has 0 bridgehead atoms. The molecule has 3 atom stereocenters. The monoisotopic (exact) mass is 351 g/mol. The van der Waals surface area contributed by atoms with Crippen molar-refractivity contribution in [2.45, 2.75) is 46.1 Å². The molecular formula is C16H27Cl2NTi-2. The first-order valence-electron chi connectivity index (χ1n) is 6.89. The molecule has 2 unspecified atom stereocenters. The van der Waals surface area contributed by atoms with Crippen molar-refractivity contribution in [1.82, 2.24) is 0 Å². The molecule has 2 aliphatic rings. The summed E-state index contributed by atoms with van der Waals surface area (Å²) in [5, 5.41) is 4.76. The van der Waals surface area contributed by atoms with E-state index >= 15 is 0 Å². The average Bonchev–Trinajstić information content (AvgIpc) is 2.67. The van der Waals surface area contributed by atoms with Gasteiger partial charge in [0.2, 0.25) is 0 Å². The molecule has 1 fully saturated rings. The first-order valence-corrected chi connectivity index (χ1v) is 11.2. The maximum atomic E-state index is 4.89. The van der Waals surface area contributed by atoms with Crippen LogP contribution in [0.4, 0.5) is 0 Å². The van der Waals surface area contributed by atoms with Gasteiger partial charge >= 0.3 is 35.6 Å². The van der Waals surface area contributed by atoms with E-state index < -0.39 is 17.0 Å². The van der Waals surface area contributed by atoms with Gasteiger partial charge in [0, 0.05) is 0 Å². The van der Waals surface area contributed by atoms with Crippen LogP contribution in [0, 0.1) is 25.2 Å². The Morgan fingerprint density at radius 2 is 1.90 bits per heavy atom. The van der Waals surface area contributed by atoms with Crippen LogP contribution in [-0.2, 0) is 17.0 Å². The normalized spacial score (nSPS) is 27.7. The number of hydrogen-bond acceptors (Lipinski definition) is 0. The molecule has 0 aromatic heterocycles. The second kappa shape index (κ2) is 9.69. The number of allylic oxidation sites excluding steroid dienone is 3. The van der Waals surface area contributed by atoms with Crippen molar-refractivity contribution in [3.63, 3.8) is 0 Å². The van der Waals surface area contributed by atoms with Crippen LogP contribution < -0.4 is 0 Å². The molecule has 1 saturated carbocycles. The maximum absolute atomic E-state index is 4.89. The third-order valence-corrected chi connectivity index (χ3v) is 3.73. The number of hydrogen-bond donors (Lipinski definition) is 0. The standard InChI is InChI=1S/C15H24N.CH3.2ClH.Ti/c1-11-8-12-6-5-7-13(14(12)9-11)10-16-15(2,3)4;;;;/h5-7,11-12,14H,8-10H2,1-4H3;1H3;2*1H;/q2*-1;;;+2/p-2/t11-,12?,14?;;;;/m0..../s1. The van der Waals surface area contributed by atoms with E-state index in [1.807, 2.05) is 0 Å². The van der Waals surface area contributed by atoms with Gasteiger partial charge in [0.25, 0.3) is 0 Å². The molecule has 0 radical (unpaired) electrons. The summed E-state index contributed by atoms with van der Waals surface area (Å²) in [5.74, 6) is 2.46. The van der Waals surface area contributed by atoms with Gasteiger partial charge in [0.05, 0.1) is 0 Å².